The maximum Gasteiger partial charge on any atom is 0.256 e. The Morgan fingerprint density at radius 2 is 1.83 bits per heavy atom. The lowest BCUT2D eigenvalue weighted by atomic mass is 10.0. The van der Waals surface area contributed by atoms with E-state index in [4.69, 9.17) is 17.3 Å². The summed E-state index contributed by atoms with van der Waals surface area (Å²) in [4.78, 5) is 24.1. The first-order valence-corrected chi connectivity index (χ1v) is 7.17. The lowest BCUT2D eigenvalue weighted by molar-refractivity contribution is 0.0977. The van der Waals surface area contributed by atoms with E-state index in [-0.39, 0.29) is 11.1 Å². The Labute approximate surface area is 141 Å². The number of carbonyl (C=O) groups excluding carboxylic acids is 2. The smallest absolute Gasteiger partial charge is 0.256 e. The molecule has 9 heteroatoms. The van der Waals surface area contributed by atoms with Gasteiger partial charge in [0.15, 0.2) is 0 Å². The van der Waals surface area contributed by atoms with Crippen molar-refractivity contribution in [3.8, 4) is 11.4 Å². The van der Waals surface area contributed by atoms with E-state index >= 15 is 0 Å². The molecule has 0 aliphatic carbocycles. The van der Waals surface area contributed by atoms with Crippen LogP contribution in [0, 0.1) is 0 Å². The molecule has 2 amide bonds. The van der Waals surface area contributed by atoms with Gasteiger partial charge in [-0.2, -0.15) is 5.21 Å². The van der Waals surface area contributed by atoms with Crippen LogP contribution in [0.2, 0.25) is 5.02 Å². The SMILES string of the molecule is NC(=O)c1cc(-c2nn[nH]n2)ccc1C(=O)Nc1ccc(Cl)cc1. The minimum absolute atomic E-state index is 0.0590. The molecule has 4 N–H and O–H groups in total. The molecule has 1 aromatic heterocycles. The monoisotopic (exact) mass is 342 g/mol. The number of carbonyl (C=O) groups is 2. The lowest BCUT2D eigenvalue weighted by Crippen LogP contribution is -2.20. The molecule has 3 rings (SSSR count). The highest BCUT2D eigenvalue weighted by atomic mass is 35.5. The van der Waals surface area contributed by atoms with E-state index in [1.807, 2.05) is 0 Å². The number of rotatable bonds is 4. The van der Waals surface area contributed by atoms with Crippen molar-refractivity contribution >= 4 is 29.1 Å². The zero-order valence-electron chi connectivity index (χ0n) is 12.2. The molecule has 0 unspecified atom stereocenters. The number of nitrogens with zero attached hydrogens (tertiary/aromatic N) is 3. The summed E-state index contributed by atoms with van der Waals surface area (Å²) in [6.45, 7) is 0. The predicted molar refractivity (Wildman–Crippen MR) is 87.5 cm³/mol. The first-order chi connectivity index (χ1) is 11.5. The molecule has 0 saturated carbocycles. The number of primary amides is 1. The molecule has 8 nitrogen and oxygen atoms in total. The highest BCUT2D eigenvalue weighted by molar-refractivity contribution is 6.30. The third-order valence-corrected chi connectivity index (χ3v) is 3.49. The molecule has 2 aromatic carbocycles. The van der Waals surface area contributed by atoms with Crippen LogP contribution in [0.1, 0.15) is 20.7 Å². The maximum atomic E-state index is 12.4. The van der Waals surface area contributed by atoms with Gasteiger partial charge in [0.05, 0.1) is 11.1 Å². The summed E-state index contributed by atoms with van der Waals surface area (Å²) in [6, 6.07) is 11.1. The molecule has 0 atom stereocenters. The highest BCUT2D eigenvalue weighted by Crippen LogP contribution is 2.20. The fourth-order valence-electron chi connectivity index (χ4n) is 2.10. The number of benzene rings is 2. The van der Waals surface area contributed by atoms with Crippen LogP contribution in [0.3, 0.4) is 0 Å². The van der Waals surface area contributed by atoms with Gasteiger partial charge in [-0.1, -0.05) is 17.7 Å². The molecule has 24 heavy (non-hydrogen) atoms. The second-order valence-corrected chi connectivity index (χ2v) is 5.26. The molecule has 0 spiro atoms. The van der Waals surface area contributed by atoms with Gasteiger partial charge >= 0.3 is 0 Å². The molecule has 0 aliphatic heterocycles. The van der Waals surface area contributed by atoms with E-state index < -0.39 is 11.8 Å². The molecule has 120 valence electrons. The summed E-state index contributed by atoms with van der Waals surface area (Å²) < 4.78 is 0. The first kappa shape index (κ1) is 15.6. The van der Waals surface area contributed by atoms with Crippen LogP contribution in [0.25, 0.3) is 11.4 Å². The molecule has 0 bridgehead atoms. The van der Waals surface area contributed by atoms with Crippen LogP contribution >= 0.6 is 11.6 Å². The average molecular weight is 343 g/mol. The molecule has 0 radical (unpaired) electrons. The Bertz CT molecular complexity index is 893. The second kappa shape index (κ2) is 6.47. The number of aromatic nitrogens is 4. The van der Waals surface area contributed by atoms with Gasteiger partial charge in [-0.05, 0) is 41.6 Å². The van der Waals surface area contributed by atoms with Crippen LogP contribution < -0.4 is 11.1 Å². The number of nitrogens with two attached hydrogens (primary N) is 1. The number of aromatic amines is 1. The van der Waals surface area contributed by atoms with Crippen molar-refractivity contribution in [1.82, 2.24) is 20.6 Å². The number of hydrogen-bond donors (Lipinski definition) is 3. The van der Waals surface area contributed by atoms with Crippen molar-refractivity contribution in [1.29, 1.82) is 0 Å². The molecule has 0 saturated heterocycles. The van der Waals surface area contributed by atoms with Crippen LogP contribution in [0.15, 0.2) is 42.5 Å². The molecular formula is C15H11ClN6O2. The molecule has 0 aliphatic rings. The Kier molecular flexibility index (Phi) is 4.21. The van der Waals surface area contributed by atoms with Crippen molar-refractivity contribution in [3.63, 3.8) is 0 Å². The minimum atomic E-state index is -0.735. The van der Waals surface area contributed by atoms with Crippen LogP contribution in [-0.2, 0) is 0 Å². The van der Waals surface area contributed by atoms with Crippen molar-refractivity contribution in [3.05, 3.63) is 58.6 Å². The first-order valence-electron chi connectivity index (χ1n) is 6.79. The third-order valence-electron chi connectivity index (χ3n) is 3.24. The zero-order chi connectivity index (χ0) is 17.1. The van der Waals surface area contributed by atoms with Gasteiger partial charge in [-0.25, -0.2) is 0 Å². The van der Waals surface area contributed by atoms with Gasteiger partial charge in [-0.15, -0.1) is 10.2 Å². The summed E-state index contributed by atoms with van der Waals surface area (Å²) in [7, 11) is 0. The van der Waals surface area contributed by atoms with Crippen molar-refractivity contribution < 1.29 is 9.59 Å². The molecule has 1 heterocycles. The predicted octanol–water partition coefficient (Wildman–Crippen LogP) is 1.87. The molecular weight excluding hydrogens is 332 g/mol. The van der Waals surface area contributed by atoms with E-state index in [9.17, 15) is 9.59 Å². The van der Waals surface area contributed by atoms with Gasteiger partial charge in [0.25, 0.3) is 5.91 Å². The van der Waals surface area contributed by atoms with E-state index in [0.29, 0.717) is 22.1 Å². The lowest BCUT2D eigenvalue weighted by Gasteiger charge is -2.09. The van der Waals surface area contributed by atoms with Crippen LogP contribution in [0.4, 0.5) is 5.69 Å². The Balaban J connectivity index is 1.93. The van der Waals surface area contributed by atoms with Crippen LogP contribution in [0.5, 0.6) is 0 Å². The average Bonchev–Trinajstić information content (AvgIpc) is 3.11. The van der Waals surface area contributed by atoms with Crippen molar-refractivity contribution in [2.45, 2.75) is 0 Å². The van der Waals surface area contributed by atoms with Gasteiger partial charge in [-0.3, -0.25) is 9.59 Å². The summed E-state index contributed by atoms with van der Waals surface area (Å²) >= 11 is 5.80. The summed E-state index contributed by atoms with van der Waals surface area (Å²) in [5, 5.41) is 16.6. The third kappa shape index (κ3) is 3.23. The van der Waals surface area contributed by atoms with E-state index in [1.54, 1.807) is 30.3 Å². The fraction of sp³-hybridized carbons (Fsp3) is 0. The van der Waals surface area contributed by atoms with Crippen molar-refractivity contribution in [2.75, 3.05) is 5.32 Å². The van der Waals surface area contributed by atoms with E-state index in [0.717, 1.165) is 0 Å². The number of halogens is 1. The molecule has 0 fully saturated rings. The van der Waals surface area contributed by atoms with Gasteiger partial charge in [0.2, 0.25) is 11.7 Å². The van der Waals surface area contributed by atoms with Gasteiger partial charge < -0.3 is 11.1 Å². The van der Waals surface area contributed by atoms with Gasteiger partial charge in [0.1, 0.15) is 0 Å². The number of anilines is 1. The number of hydrogen-bond acceptors (Lipinski definition) is 5. The maximum absolute atomic E-state index is 12.4. The minimum Gasteiger partial charge on any atom is -0.366 e. The Hall–Kier alpha value is -3.26. The molecule has 3 aromatic rings. The van der Waals surface area contributed by atoms with Crippen LogP contribution in [-0.4, -0.2) is 32.4 Å². The fourth-order valence-corrected chi connectivity index (χ4v) is 2.23. The topological polar surface area (TPSA) is 127 Å². The number of amides is 2. The van der Waals surface area contributed by atoms with E-state index in [1.165, 1.54) is 12.1 Å². The largest absolute Gasteiger partial charge is 0.366 e. The summed E-state index contributed by atoms with van der Waals surface area (Å²) in [6.07, 6.45) is 0. The number of nitrogens with one attached hydrogen (secondary N) is 2. The Morgan fingerprint density at radius 1 is 1.08 bits per heavy atom. The normalized spacial score (nSPS) is 10.4. The summed E-state index contributed by atoms with van der Waals surface area (Å²) in [5.74, 6) is -0.908. The Morgan fingerprint density at radius 3 is 2.46 bits per heavy atom. The number of tetrazole rings is 1. The zero-order valence-corrected chi connectivity index (χ0v) is 12.9. The van der Waals surface area contributed by atoms with Crippen molar-refractivity contribution in [2.24, 2.45) is 5.73 Å². The number of H-pyrrole nitrogens is 1. The highest BCUT2D eigenvalue weighted by Gasteiger charge is 2.17. The quantitative estimate of drug-likeness (QED) is 0.667. The summed E-state index contributed by atoms with van der Waals surface area (Å²) in [5.41, 5.74) is 6.65. The second-order valence-electron chi connectivity index (χ2n) is 4.82. The van der Waals surface area contributed by atoms with E-state index in [2.05, 4.69) is 25.9 Å². The standard InChI is InChI=1S/C15H11ClN6O2/c16-9-2-4-10(5-3-9)18-15(24)11-6-1-8(7-12(11)13(17)23)14-19-21-22-20-14/h1-7H,(H2,17,23)(H,18,24)(H,19,20,21,22). The van der Waals surface area contributed by atoms with Gasteiger partial charge in [0, 0.05) is 16.3 Å².